The van der Waals surface area contributed by atoms with E-state index >= 15 is 0 Å². The van der Waals surface area contributed by atoms with Crippen LogP contribution in [0.2, 0.25) is 0 Å². The van der Waals surface area contributed by atoms with Crippen LogP contribution in [0.5, 0.6) is 11.5 Å². The number of nitriles is 1. The average Bonchev–Trinajstić information content (AvgIpc) is 2.83. The van der Waals surface area contributed by atoms with E-state index in [2.05, 4.69) is 10.6 Å². The summed E-state index contributed by atoms with van der Waals surface area (Å²) >= 11 is 0. The molecular weight excluding hydrogens is 470 g/mol. The van der Waals surface area contributed by atoms with E-state index in [0.717, 1.165) is 0 Å². The minimum atomic E-state index is -4.26. The molecule has 0 radical (unpaired) electrons. The van der Waals surface area contributed by atoms with Crippen molar-refractivity contribution in [2.24, 2.45) is 0 Å². The number of rotatable bonds is 8. The summed E-state index contributed by atoms with van der Waals surface area (Å²) in [6, 6.07) is 20.3. The summed E-state index contributed by atoms with van der Waals surface area (Å²) in [7, 11) is -2.91. The van der Waals surface area contributed by atoms with Crippen LogP contribution in [0.4, 0.5) is 11.4 Å². The summed E-state index contributed by atoms with van der Waals surface area (Å²) in [6.45, 7) is 1.34. The molecule has 0 fully saturated rings. The van der Waals surface area contributed by atoms with Gasteiger partial charge in [-0.3, -0.25) is 9.59 Å². The zero-order valence-corrected chi connectivity index (χ0v) is 19.6. The van der Waals surface area contributed by atoms with Gasteiger partial charge in [-0.25, -0.2) is 0 Å². The Bertz CT molecular complexity index is 1410. The zero-order chi connectivity index (χ0) is 25.4. The standard InChI is InChI=1S/C25H21N3O6S/c1-17(29)27-21-9-11-22(12-10-21)35(31,32)34-24-15-18(8-13-23(24)33-2)14-19(16-26)25(30)28-20-6-4-3-5-7-20/h3-15H,1-2H3,(H,27,29)(H,28,30)/b19-14+. The third-order valence-corrected chi connectivity index (χ3v) is 5.81. The lowest BCUT2D eigenvalue weighted by Crippen LogP contribution is -2.13. The third-order valence-electron chi connectivity index (χ3n) is 4.56. The molecule has 0 saturated carbocycles. The summed E-state index contributed by atoms with van der Waals surface area (Å²) in [5.41, 5.74) is 1.10. The van der Waals surface area contributed by atoms with Gasteiger partial charge in [0.25, 0.3) is 5.91 Å². The minimum Gasteiger partial charge on any atom is -0.493 e. The highest BCUT2D eigenvalue weighted by Gasteiger charge is 2.20. The van der Waals surface area contributed by atoms with Gasteiger partial charge in [-0.2, -0.15) is 13.7 Å². The number of carbonyl (C=O) groups is 2. The SMILES string of the molecule is COc1ccc(/C=C(\C#N)C(=O)Nc2ccccc2)cc1OS(=O)(=O)c1ccc(NC(C)=O)cc1. The molecule has 3 rings (SSSR count). The van der Waals surface area contributed by atoms with Crippen molar-refractivity contribution < 1.29 is 26.9 Å². The summed E-state index contributed by atoms with van der Waals surface area (Å²) in [5.74, 6) is -0.912. The highest BCUT2D eigenvalue weighted by Crippen LogP contribution is 2.32. The lowest BCUT2D eigenvalue weighted by molar-refractivity contribution is -0.114. The maximum atomic E-state index is 12.8. The highest BCUT2D eigenvalue weighted by atomic mass is 32.2. The van der Waals surface area contributed by atoms with Gasteiger partial charge >= 0.3 is 10.1 Å². The number of nitrogens with one attached hydrogen (secondary N) is 2. The quantitative estimate of drug-likeness (QED) is 0.277. The lowest BCUT2D eigenvalue weighted by atomic mass is 10.1. The molecule has 0 spiro atoms. The first kappa shape index (κ1) is 25.0. The predicted molar refractivity (Wildman–Crippen MR) is 130 cm³/mol. The van der Waals surface area contributed by atoms with E-state index in [1.165, 1.54) is 56.5 Å². The number of carbonyl (C=O) groups excluding carboxylic acids is 2. The third kappa shape index (κ3) is 6.69. The Hall–Kier alpha value is -4.62. The smallest absolute Gasteiger partial charge is 0.339 e. The van der Waals surface area contributed by atoms with Gasteiger partial charge in [0.05, 0.1) is 7.11 Å². The molecule has 0 saturated heterocycles. The maximum absolute atomic E-state index is 12.8. The Kier molecular flexibility index (Phi) is 7.86. The largest absolute Gasteiger partial charge is 0.493 e. The van der Waals surface area contributed by atoms with Crippen LogP contribution < -0.4 is 19.6 Å². The average molecular weight is 492 g/mol. The molecule has 9 nitrogen and oxygen atoms in total. The van der Waals surface area contributed by atoms with E-state index in [4.69, 9.17) is 8.92 Å². The highest BCUT2D eigenvalue weighted by molar-refractivity contribution is 7.87. The lowest BCUT2D eigenvalue weighted by Gasteiger charge is -2.12. The number of methoxy groups -OCH3 is 1. The molecule has 0 aliphatic heterocycles. The van der Waals surface area contributed by atoms with Gasteiger partial charge in [0.2, 0.25) is 5.91 Å². The summed E-state index contributed by atoms with van der Waals surface area (Å²) < 4.78 is 36.1. The van der Waals surface area contributed by atoms with Gasteiger partial charge in [-0.05, 0) is 60.2 Å². The first-order valence-corrected chi connectivity index (χ1v) is 11.6. The summed E-state index contributed by atoms with van der Waals surface area (Å²) in [5, 5.41) is 14.6. The van der Waals surface area contributed by atoms with Crippen molar-refractivity contribution in [1.29, 1.82) is 5.26 Å². The van der Waals surface area contributed by atoms with E-state index < -0.39 is 16.0 Å². The molecule has 178 valence electrons. The van der Waals surface area contributed by atoms with Crippen molar-refractivity contribution in [3.63, 3.8) is 0 Å². The fourth-order valence-corrected chi connectivity index (χ4v) is 3.89. The monoisotopic (exact) mass is 491 g/mol. The van der Waals surface area contributed by atoms with E-state index in [9.17, 15) is 23.3 Å². The molecule has 0 heterocycles. The van der Waals surface area contributed by atoms with Crippen molar-refractivity contribution in [1.82, 2.24) is 0 Å². The van der Waals surface area contributed by atoms with Crippen LogP contribution in [-0.2, 0) is 19.7 Å². The molecule has 3 aromatic carbocycles. The maximum Gasteiger partial charge on any atom is 0.339 e. The second kappa shape index (κ2) is 11.0. The van der Waals surface area contributed by atoms with Crippen molar-refractivity contribution in [2.75, 3.05) is 17.7 Å². The normalized spacial score (nSPS) is 11.2. The molecule has 2 amide bonds. The van der Waals surface area contributed by atoms with Crippen LogP contribution in [-0.4, -0.2) is 27.3 Å². The molecule has 35 heavy (non-hydrogen) atoms. The second-order valence-corrected chi connectivity index (χ2v) is 8.69. The summed E-state index contributed by atoms with van der Waals surface area (Å²) in [4.78, 5) is 23.5. The van der Waals surface area contributed by atoms with Crippen LogP contribution in [0.25, 0.3) is 6.08 Å². The fraction of sp³-hybridized carbons (Fsp3) is 0.0800. The topological polar surface area (TPSA) is 135 Å². The van der Waals surface area contributed by atoms with E-state index in [0.29, 0.717) is 16.9 Å². The Balaban J connectivity index is 1.87. The van der Waals surface area contributed by atoms with Crippen molar-refractivity contribution >= 4 is 39.4 Å². The number of ether oxygens (including phenoxy) is 1. The molecule has 2 N–H and O–H groups in total. The predicted octanol–water partition coefficient (Wildman–Crippen LogP) is 3.97. The Morgan fingerprint density at radius 2 is 1.57 bits per heavy atom. The number of para-hydroxylation sites is 1. The second-order valence-electron chi connectivity index (χ2n) is 7.14. The number of nitrogens with zero attached hydrogens (tertiary/aromatic N) is 1. The molecule has 0 bridgehead atoms. The van der Waals surface area contributed by atoms with Crippen molar-refractivity contribution in [3.05, 3.63) is 83.9 Å². The molecule has 0 atom stereocenters. The first-order chi connectivity index (χ1) is 16.7. The molecule has 0 unspecified atom stereocenters. The number of amides is 2. The zero-order valence-electron chi connectivity index (χ0n) is 18.8. The van der Waals surface area contributed by atoms with Crippen molar-refractivity contribution in [2.45, 2.75) is 11.8 Å². The number of anilines is 2. The molecule has 0 aliphatic carbocycles. The minimum absolute atomic E-state index is 0.132. The van der Waals surface area contributed by atoms with Gasteiger partial charge in [0, 0.05) is 18.3 Å². The Morgan fingerprint density at radius 1 is 0.914 bits per heavy atom. The van der Waals surface area contributed by atoms with Crippen LogP contribution in [0.1, 0.15) is 12.5 Å². The van der Waals surface area contributed by atoms with Gasteiger partial charge in [-0.1, -0.05) is 24.3 Å². The van der Waals surface area contributed by atoms with Gasteiger partial charge in [0.15, 0.2) is 11.5 Å². The Labute approximate surface area is 202 Å². The van der Waals surface area contributed by atoms with E-state index in [1.807, 2.05) is 6.07 Å². The molecule has 3 aromatic rings. The van der Waals surface area contributed by atoms with Gasteiger partial charge in [0.1, 0.15) is 16.5 Å². The molecular formula is C25H21N3O6S. The molecule has 0 aromatic heterocycles. The van der Waals surface area contributed by atoms with Gasteiger partial charge in [-0.15, -0.1) is 0 Å². The van der Waals surface area contributed by atoms with E-state index in [-0.39, 0.29) is 27.9 Å². The number of hydrogen-bond acceptors (Lipinski definition) is 7. The van der Waals surface area contributed by atoms with Crippen LogP contribution in [0.3, 0.4) is 0 Å². The Morgan fingerprint density at radius 3 is 2.17 bits per heavy atom. The number of hydrogen-bond donors (Lipinski definition) is 2. The molecule has 0 aliphatic rings. The van der Waals surface area contributed by atoms with Crippen molar-refractivity contribution in [3.8, 4) is 17.6 Å². The van der Waals surface area contributed by atoms with Crippen LogP contribution in [0, 0.1) is 11.3 Å². The van der Waals surface area contributed by atoms with E-state index in [1.54, 1.807) is 36.4 Å². The van der Waals surface area contributed by atoms with Crippen LogP contribution in [0.15, 0.2) is 83.3 Å². The number of benzene rings is 3. The first-order valence-electron chi connectivity index (χ1n) is 10.2. The fourth-order valence-electron chi connectivity index (χ4n) is 2.96. The summed E-state index contributed by atoms with van der Waals surface area (Å²) in [6.07, 6.45) is 1.30. The van der Waals surface area contributed by atoms with Crippen LogP contribution >= 0.6 is 0 Å². The molecule has 10 heteroatoms. The van der Waals surface area contributed by atoms with Gasteiger partial charge < -0.3 is 19.6 Å².